The number of rotatable bonds is 5. The van der Waals surface area contributed by atoms with Gasteiger partial charge in [0.15, 0.2) is 0 Å². The summed E-state index contributed by atoms with van der Waals surface area (Å²) in [5.41, 5.74) is 4.21. The second-order valence-corrected chi connectivity index (χ2v) is 5.02. The molecule has 0 unspecified atom stereocenters. The Bertz CT molecular complexity index is 532. The molecule has 110 valence electrons. The molecule has 0 aliphatic rings. The fraction of sp³-hybridized carbons (Fsp3) is 0.462. The van der Waals surface area contributed by atoms with E-state index in [0.29, 0.717) is 12.5 Å². The molecule has 1 aromatic rings. The average Bonchev–Trinajstić information content (AvgIpc) is 2.35. The van der Waals surface area contributed by atoms with Crippen molar-refractivity contribution < 1.29 is 14.1 Å². The van der Waals surface area contributed by atoms with Gasteiger partial charge in [0.1, 0.15) is 17.1 Å². The van der Waals surface area contributed by atoms with E-state index in [1.807, 2.05) is 13.8 Å². The summed E-state index contributed by atoms with van der Waals surface area (Å²) in [4.78, 5) is 23.5. The molecule has 0 aliphatic carbocycles. The minimum atomic E-state index is -0.852. The average molecular weight is 283 g/mol. The van der Waals surface area contributed by atoms with Crippen LogP contribution in [0.3, 0.4) is 0 Å². The van der Waals surface area contributed by atoms with E-state index in [0.717, 1.165) is 18.6 Å². The van der Waals surface area contributed by atoms with Crippen molar-refractivity contribution in [1.29, 1.82) is 0 Å². The lowest BCUT2D eigenvalue weighted by atomic mass is 10.1. The molecule has 0 bridgehead atoms. The molecule has 1 aromatic carbocycles. The molecule has 0 aromatic heterocycles. The molecule has 0 aliphatic heterocycles. The number of carbonyl (C=O) groups excluding carboxylic acids is 1. The second-order valence-electron chi connectivity index (χ2n) is 5.02. The number of nitrogens with zero attached hydrogens (tertiary/aromatic N) is 2. The Morgan fingerprint density at radius 2 is 2.10 bits per heavy atom. The Labute approximate surface area is 116 Å². The maximum absolute atomic E-state index is 13.8. The van der Waals surface area contributed by atoms with Gasteiger partial charge in [-0.25, -0.2) is 4.39 Å². The summed E-state index contributed by atoms with van der Waals surface area (Å²) in [5.74, 6) is -1.11. The summed E-state index contributed by atoms with van der Waals surface area (Å²) < 4.78 is 13.8. The van der Waals surface area contributed by atoms with E-state index in [1.54, 1.807) is 0 Å². The van der Waals surface area contributed by atoms with Gasteiger partial charge in [0.25, 0.3) is 11.6 Å². The molecule has 2 N–H and O–H groups in total. The number of benzene rings is 1. The van der Waals surface area contributed by atoms with Gasteiger partial charge in [-0.2, -0.15) is 0 Å². The van der Waals surface area contributed by atoms with Crippen LogP contribution in [-0.2, 0) is 0 Å². The molecule has 0 spiro atoms. The van der Waals surface area contributed by atoms with Gasteiger partial charge in [0, 0.05) is 19.7 Å². The van der Waals surface area contributed by atoms with Gasteiger partial charge < -0.3 is 10.6 Å². The van der Waals surface area contributed by atoms with Gasteiger partial charge >= 0.3 is 0 Å². The zero-order valence-corrected chi connectivity index (χ0v) is 11.7. The monoisotopic (exact) mass is 283 g/mol. The standard InChI is InChI=1S/C13H18FN3O3/c1-8(2)6-7-16(3)13(18)11-9(14)4-5-10(12(11)15)17(19)20/h4-5,8H,6-7,15H2,1-3H3. The van der Waals surface area contributed by atoms with Crippen LogP contribution in [0, 0.1) is 21.8 Å². The van der Waals surface area contributed by atoms with Crippen molar-refractivity contribution in [3.63, 3.8) is 0 Å². The number of amides is 1. The number of carbonyl (C=O) groups is 1. The van der Waals surface area contributed by atoms with E-state index >= 15 is 0 Å². The van der Waals surface area contributed by atoms with Gasteiger partial charge in [0.2, 0.25) is 0 Å². The van der Waals surface area contributed by atoms with Crippen molar-refractivity contribution in [2.24, 2.45) is 5.92 Å². The molecule has 0 atom stereocenters. The Morgan fingerprint density at radius 3 is 2.60 bits per heavy atom. The number of anilines is 1. The molecule has 0 heterocycles. The minimum absolute atomic E-state index is 0.387. The van der Waals surface area contributed by atoms with E-state index in [2.05, 4.69) is 0 Å². The van der Waals surface area contributed by atoms with Gasteiger partial charge in [-0.15, -0.1) is 0 Å². The molecule has 20 heavy (non-hydrogen) atoms. The van der Waals surface area contributed by atoms with Crippen LogP contribution < -0.4 is 5.73 Å². The SMILES string of the molecule is CC(C)CCN(C)C(=O)c1c(F)ccc([N+](=O)[O-])c1N. The third kappa shape index (κ3) is 3.43. The Hall–Kier alpha value is -2.18. The summed E-state index contributed by atoms with van der Waals surface area (Å²) in [6.07, 6.45) is 0.749. The van der Waals surface area contributed by atoms with Crippen LogP contribution in [0.25, 0.3) is 0 Å². The molecule has 0 fully saturated rings. The van der Waals surface area contributed by atoms with Crippen molar-refractivity contribution in [3.05, 3.63) is 33.6 Å². The quantitative estimate of drug-likeness (QED) is 0.510. The Balaban J connectivity index is 3.09. The maximum atomic E-state index is 13.8. The van der Waals surface area contributed by atoms with Crippen LogP contribution in [0.5, 0.6) is 0 Å². The zero-order chi connectivity index (χ0) is 15.4. The first-order chi connectivity index (χ1) is 9.25. The van der Waals surface area contributed by atoms with Crippen molar-refractivity contribution in [2.45, 2.75) is 20.3 Å². The summed E-state index contributed by atoms with van der Waals surface area (Å²) in [5, 5.41) is 10.8. The number of hydrogen-bond acceptors (Lipinski definition) is 4. The van der Waals surface area contributed by atoms with Crippen molar-refractivity contribution in [1.82, 2.24) is 4.90 Å². The third-order valence-electron chi connectivity index (χ3n) is 2.97. The van der Waals surface area contributed by atoms with Gasteiger partial charge in [0.05, 0.1) is 4.92 Å². The van der Waals surface area contributed by atoms with Gasteiger partial charge in [-0.3, -0.25) is 14.9 Å². The molecular weight excluding hydrogens is 265 g/mol. The smallest absolute Gasteiger partial charge is 0.293 e. The van der Waals surface area contributed by atoms with Crippen LogP contribution in [0.1, 0.15) is 30.6 Å². The fourth-order valence-electron chi connectivity index (χ4n) is 1.70. The molecule has 0 radical (unpaired) electrons. The topological polar surface area (TPSA) is 89.5 Å². The molecular formula is C13H18FN3O3. The van der Waals surface area contributed by atoms with E-state index in [1.165, 1.54) is 11.9 Å². The summed E-state index contributed by atoms with van der Waals surface area (Å²) in [6.45, 7) is 4.43. The highest BCUT2D eigenvalue weighted by atomic mass is 19.1. The van der Waals surface area contributed by atoms with E-state index in [-0.39, 0.29) is 0 Å². The number of hydrogen-bond donors (Lipinski definition) is 1. The predicted octanol–water partition coefficient (Wildman–Crippen LogP) is 2.43. The third-order valence-corrected chi connectivity index (χ3v) is 2.97. The second kappa shape index (κ2) is 6.31. The summed E-state index contributed by atoms with van der Waals surface area (Å²) >= 11 is 0. The minimum Gasteiger partial charge on any atom is -0.392 e. The lowest BCUT2D eigenvalue weighted by molar-refractivity contribution is -0.384. The predicted molar refractivity (Wildman–Crippen MR) is 73.9 cm³/mol. The fourth-order valence-corrected chi connectivity index (χ4v) is 1.70. The zero-order valence-electron chi connectivity index (χ0n) is 11.7. The van der Waals surface area contributed by atoms with E-state index in [4.69, 9.17) is 5.73 Å². The summed E-state index contributed by atoms with van der Waals surface area (Å²) in [6, 6.07) is 1.84. The first-order valence-electron chi connectivity index (χ1n) is 6.23. The highest BCUT2D eigenvalue weighted by Crippen LogP contribution is 2.28. The maximum Gasteiger partial charge on any atom is 0.293 e. The molecule has 7 heteroatoms. The number of nitro groups is 1. The van der Waals surface area contributed by atoms with Crippen molar-refractivity contribution in [2.75, 3.05) is 19.3 Å². The Kier molecular flexibility index (Phi) is 5.01. The molecule has 6 nitrogen and oxygen atoms in total. The number of nitrogens with two attached hydrogens (primary N) is 1. The highest BCUT2D eigenvalue weighted by molar-refractivity contribution is 6.01. The highest BCUT2D eigenvalue weighted by Gasteiger charge is 2.25. The number of nitro benzene ring substituents is 1. The molecule has 0 saturated carbocycles. The van der Waals surface area contributed by atoms with Crippen LogP contribution in [0.15, 0.2) is 12.1 Å². The van der Waals surface area contributed by atoms with Gasteiger partial charge in [-0.1, -0.05) is 13.8 Å². The summed E-state index contributed by atoms with van der Waals surface area (Å²) in [7, 11) is 1.52. The number of nitrogen functional groups attached to an aromatic ring is 1. The lowest BCUT2D eigenvalue weighted by Gasteiger charge is -2.19. The first-order valence-corrected chi connectivity index (χ1v) is 6.23. The van der Waals surface area contributed by atoms with Gasteiger partial charge in [-0.05, 0) is 18.4 Å². The molecule has 1 rings (SSSR count). The normalized spacial score (nSPS) is 10.7. The van der Waals surface area contributed by atoms with Crippen molar-refractivity contribution in [3.8, 4) is 0 Å². The number of halogens is 1. The molecule has 0 saturated heterocycles. The first kappa shape index (κ1) is 15.9. The van der Waals surface area contributed by atoms with Crippen LogP contribution in [0.4, 0.5) is 15.8 Å². The van der Waals surface area contributed by atoms with Crippen LogP contribution >= 0.6 is 0 Å². The lowest BCUT2D eigenvalue weighted by Crippen LogP contribution is -2.30. The largest absolute Gasteiger partial charge is 0.392 e. The van der Waals surface area contributed by atoms with E-state index < -0.39 is 33.6 Å². The van der Waals surface area contributed by atoms with E-state index in [9.17, 15) is 19.3 Å². The van der Waals surface area contributed by atoms with Crippen molar-refractivity contribution >= 4 is 17.3 Å². The van der Waals surface area contributed by atoms with Crippen LogP contribution in [-0.4, -0.2) is 29.3 Å². The molecule has 1 amide bonds. The Morgan fingerprint density at radius 1 is 1.50 bits per heavy atom. The van der Waals surface area contributed by atoms with Crippen LogP contribution in [0.2, 0.25) is 0 Å².